The van der Waals surface area contributed by atoms with Crippen LogP contribution in [0.3, 0.4) is 0 Å². The summed E-state index contributed by atoms with van der Waals surface area (Å²) in [4.78, 5) is 20.7. The second-order valence-corrected chi connectivity index (χ2v) is 3.64. The van der Waals surface area contributed by atoms with Gasteiger partial charge < -0.3 is 10.4 Å². The van der Waals surface area contributed by atoms with Gasteiger partial charge in [-0.05, 0) is 6.92 Å². The summed E-state index contributed by atoms with van der Waals surface area (Å²) in [5, 5.41) is 22.1. The minimum absolute atomic E-state index is 0.147. The van der Waals surface area contributed by atoms with E-state index < -0.39 is 16.9 Å². The molecule has 2 N–H and O–H groups in total. The number of carboxylic acids is 1. The van der Waals surface area contributed by atoms with Gasteiger partial charge in [-0.3, -0.25) is 14.9 Å². The number of nitro benzene ring substituents is 1. The highest BCUT2D eigenvalue weighted by atomic mass is 16.6. The summed E-state index contributed by atoms with van der Waals surface area (Å²) in [7, 11) is 5.62. The van der Waals surface area contributed by atoms with Gasteiger partial charge in [0.2, 0.25) is 0 Å². The normalized spacial score (nSPS) is 11.8. The molecular weight excluding hydrogens is 223 g/mol. The molecule has 1 atom stereocenters. The minimum atomic E-state index is -0.984. The Labute approximate surface area is 99.2 Å². The van der Waals surface area contributed by atoms with E-state index in [1.165, 1.54) is 18.2 Å². The van der Waals surface area contributed by atoms with Crippen LogP contribution < -0.4 is 10.8 Å². The van der Waals surface area contributed by atoms with E-state index in [0.29, 0.717) is 0 Å². The molecule has 1 aromatic rings. The van der Waals surface area contributed by atoms with E-state index in [0.717, 1.165) is 0 Å². The van der Waals surface area contributed by atoms with E-state index in [4.69, 9.17) is 13.0 Å². The second kappa shape index (κ2) is 5.33. The molecule has 0 aliphatic carbocycles. The molecule has 1 rings (SSSR count). The highest BCUT2D eigenvalue weighted by Crippen LogP contribution is 2.22. The molecule has 0 aliphatic heterocycles. The van der Waals surface area contributed by atoms with E-state index >= 15 is 0 Å². The van der Waals surface area contributed by atoms with Crippen molar-refractivity contribution in [2.75, 3.05) is 5.32 Å². The van der Waals surface area contributed by atoms with Crippen LogP contribution in [0, 0.1) is 10.1 Å². The van der Waals surface area contributed by atoms with Crippen molar-refractivity contribution >= 4 is 30.7 Å². The Morgan fingerprint density at radius 3 is 2.82 bits per heavy atom. The van der Waals surface area contributed by atoms with Crippen molar-refractivity contribution in [3.05, 3.63) is 28.3 Å². The van der Waals surface area contributed by atoms with Gasteiger partial charge in [-0.15, -0.1) is 0 Å². The minimum Gasteiger partial charge on any atom is -0.481 e. The third kappa shape index (κ3) is 3.48. The van der Waals surface area contributed by atoms with Gasteiger partial charge in [0.05, 0.1) is 11.3 Å². The molecule has 17 heavy (non-hydrogen) atoms. The van der Waals surface area contributed by atoms with Crippen molar-refractivity contribution in [2.24, 2.45) is 0 Å². The predicted molar refractivity (Wildman–Crippen MR) is 63.8 cm³/mol. The van der Waals surface area contributed by atoms with Crippen LogP contribution in [0.2, 0.25) is 0 Å². The largest absolute Gasteiger partial charge is 0.481 e. The summed E-state index contributed by atoms with van der Waals surface area (Å²) in [5.74, 6) is -0.984. The molecule has 0 saturated heterocycles. The molecular formula is C10H11BN2O4. The number of carbonyl (C=O) groups is 1. The summed E-state index contributed by atoms with van der Waals surface area (Å²) < 4.78 is 0. The van der Waals surface area contributed by atoms with E-state index in [9.17, 15) is 14.9 Å². The first-order valence-electron chi connectivity index (χ1n) is 4.93. The third-order valence-electron chi connectivity index (χ3n) is 2.14. The Hall–Kier alpha value is -2.05. The molecule has 0 heterocycles. The number of nitro groups is 1. The van der Waals surface area contributed by atoms with Crippen molar-refractivity contribution in [1.29, 1.82) is 0 Å². The third-order valence-corrected chi connectivity index (χ3v) is 2.14. The number of carboxylic acid groups (broad SMARTS) is 1. The smallest absolute Gasteiger partial charge is 0.305 e. The van der Waals surface area contributed by atoms with Crippen LogP contribution in [0.1, 0.15) is 13.3 Å². The number of hydrogen-bond donors (Lipinski definition) is 2. The summed E-state index contributed by atoms with van der Waals surface area (Å²) in [5.41, 5.74) is 0.213. The molecule has 7 heteroatoms. The van der Waals surface area contributed by atoms with Gasteiger partial charge in [-0.2, -0.15) is 0 Å². The second-order valence-electron chi connectivity index (χ2n) is 3.64. The molecule has 0 saturated carbocycles. The van der Waals surface area contributed by atoms with Crippen LogP contribution >= 0.6 is 0 Å². The van der Waals surface area contributed by atoms with Crippen LogP contribution in [0.25, 0.3) is 0 Å². The summed E-state index contributed by atoms with van der Waals surface area (Å²) in [6.07, 6.45) is -0.147. The maximum atomic E-state index is 10.8. The summed E-state index contributed by atoms with van der Waals surface area (Å²) >= 11 is 0. The van der Waals surface area contributed by atoms with E-state index in [1.54, 1.807) is 6.92 Å². The van der Waals surface area contributed by atoms with Crippen LogP contribution in [-0.2, 0) is 4.79 Å². The van der Waals surface area contributed by atoms with Gasteiger partial charge >= 0.3 is 5.97 Å². The average molecular weight is 234 g/mol. The highest BCUT2D eigenvalue weighted by Gasteiger charge is 2.17. The Morgan fingerprint density at radius 2 is 2.29 bits per heavy atom. The molecule has 0 bridgehead atoms. The number of anilines is 1. The van der Waals surface area contributed by atoms with Gasteiger partial charge in [0.1, 0.15) is 13.5 Å². The SMILES string of the molecule is [B]c1cccc([N+](=O)[O-])c1N[C@H](C)CC(=O)O. The Morgan fingerprint density at radius 1 is 1.65 bits per heavy atom. The maximum absolute atomic E-state index is 10.8. The fraction of sp³-hybridized carbons (Fsp3) is 0.300. The highest BCUT2D eigenvalue weighted by molar-refractivity contribution is 6.36. The standard InChI is InChI=1S/C10H11BN2O4/c1-6(5-9(14)15)12-10-7(11)3-2-4-8(10)13(16)17/h2-4,6,12H,5H2,1H3,(H,14,15)/t6-/m1/s1. The maximum Gasteiger partial charge on any atom is 0.305 e. The fourth-order valence-electron chi connectivity index (χ4n) is 1.43. The van der Waals surface area contributed by atoms with E-state index in [-0.39, 0.29) is 23.3 Å². The lowest BCUT2D eigenvalue weighted by molar-refractivity contribution is -0.383. The first kappa shape index (κ1) is 13.0. The number of aliphatic carboxylic acids is 1. The number of benzene rings is 1. The van der Waals surface area contributed by atoms with Gasteiger partial charge in [-0.1, -0.05) is 17.6 Å². The van der Waals surface area contributed by atoms with Crippen molar-refractivity contribution in [3.8, 4) is 0 Å². The zero-order chi connectivity index (χ0) is 13.0. The van der Waals surface area contributed by atoms with Gasteiger partial charge in [0, 0.05) is 12.1 Å². The lowest BCUT2D eigenvalue weighted by Crippen LogP contribution is -2.24. The first-order valence-corrected chi connectivity index (χ1v) is 4.93. The Kier molecular flexibility index (Phi) is 4.09. The summed E-state index contributed by atoms with van der Waals surface area (Å²) in [6.45, 7) is 1.62. The molecule has 0 spiro atoms. The lowest BCUT2D eigenvalue weighted by Gasteiger charge is -2.15. The van der Waals surface area contributed by atoms with Crippen LogP contribution in [0.15, 0.2) is 18.2 Å². The van der Waals surface area contributed by atoms with E-state index in [2.05, 4.69) is 5.32 Å². The molecule has 0 aromatic heterocycles. The average Bonchev–Trinajstić information content (AvgIpc) is 2.19. The van der Waals surface area contributed by atoms with Crippen LogP contribution in [0.4, 0.5) is 11.4 Å². The topological polar surface area (TPSA) is 92.5 Å². The van der Waals surface area contributed by atoms with Gasteiger partial charge in [0.15, 0.2) is 0 Å². The van der Waals surface area contributed by atoms with Crippen molar-refractivity contribution < 1.29 is 14.8 Å². The first-order chi connectivity index (χ1) is 7.91. The molecule has 6 nitrogen and oxygen atoms in total. The lowest BCUT2D eigenvalue weighted by atomic mass is 9.93. The fourth-order valence-corrected chi connectivity index (χ4v) is 1.43. The summed E-state index contributed by atoms with van der Waals surface area (Å²) in [6, 6.07) is 3.85. The molecule has 88 valence electrons. The van der Waals surface area contributed by atoms with Crippen LogP contribution in [-0.4, -0.2) is 29.9 Å². The Balaban J connectivity index is 2.96. The number of hydrogen-bond acceptors (Lipinski definition) is 4. The molecule has 0 aliphatic rings. The number of nitrogens with zero attached hydrogens (tertiary/aromatic N) is 1. The zero-order valence-corrected chi connectivity index (χ0v) is 9.21. The van der Waals surface area contributed by atoms with Crippen LogP contribution in [0.5, 0.6) is 0 Å². The molecule has 0 amide bonds. The van der Waals surface area contributed by atoms with Gasteiger partial charge in [-0.25, -0.2) is 0 Å². The number of nitrogens with one attached hydrogen (secondary N) is 1. The van der Waals surface area contributed by atoms with Crippen molar-refractivity contribution in [3.63, 3.8) is 0 Å². The number of para-hydroxylation sites is 1. The molecule has 2 radical (unpaired) electrons. The monoisotopic (exact) mass is 234 g/mol. The van der Waals surface area contributed by atoms with E-state index in [1.807, 2.05) is 0 Å². The molecule has 0 fully saturated rings. The molecule has 0 unspecified atom stereocenters. The zero-order valence-electron chi connectivity index (χ0n) is 9.21. The van der Waals surface area contributed by atoms with Crippen molar-refractivity contribution in [2.45, 2.75) is 19.4 Å². The van der Waals surface area contributed by atoms with Crippen molar-refractivity contribution in [1.82, 2.24) is 0 Å². The predicted octanol–water partition coefficient (Wildman–Crippen LogP) is 0.664. The quantitative estimate of drug-likeness (QED) is 0.443. The Bertz CT molecular complexity index is 450. The van der Waals surface area contributed by atoms with Gasteiger partial charge in [0.25, 0.3) is 5.69 Å². The number of rotatable bonds is 5. The molecule has 1 aromatic carbocycles.